The van der Waals surface area contributed by atoms with Crippen LogP contribution in [0, 0.1) is 17.8 Å². The summed E-state index contributed by atoms with van der Waals surface area (Å²) in [5.41, 5.74) is 1.23. The van der Waals surface area contributed by atoms with E-state index in [9.17, 15) is 4.79 Å². The first-order valence-corrected chi connectivity index (χ1v) is 14.6. The van der Waals surface area contributed by atoms with Crippen LogP contribution in [0.1, 0.15) is 95.0 Å². The molecule has 1 amide bonds. The van der Waals surface area contributed by atoms with E-state index >= 15 is 0 Å². The zero-order valence-corrected chi connectivity index (χ0v) is 22.7. The number of amides is 1. The average molecular weight is 504 g/mol. The summed E-state index contributed by atoms with van der Waals surface area (Å²) in [4.78, 5) is 15.8. The van der Waals surface area contributed by atoms with Gasteiger partial charge in [-0.3, -0.25) is 4.79 Å². The molecule has 0 spiro atoms. The Balaban J connectivity index is 0.00000342. The third-order valence-electron chi connectivity index (χ3n) is 8.77. The minimum Gasteiger partial charge on any atom is -0.342 e. The van der Waals surface area contributed by atoms with Crippen LogP contribution in [-0.4, -0.2) is 50.1 Å². The molecule has 3 aliphatic rings. The van der Waals surface area contributed by atoms with Crippen molar-refractivity contribution in [2.45, 2.75) is 89.4 Å². The van der Waals surface area contributed by atoms with Crippen molar-refractivity contribution >= 4 is 18.3 Å². The number of hydrogen-bond donors (Lipinski definition) is 2. The summed E-state index contributed by atoms with van der Waals surface area (Å²) in [6.07, 6.45) is 17.0. The molecule has 1 saturated heterocycles. The number of carbonyl (C=O) groups is 1. The second kappa shape index (κ2) is 15.9. The first kappa shape index (κ1) is 28.5. The molecule has 198 valence electrons. The molecule has 4 nitrogen and oxygen atoms in total. The standard InChI is InChI=1S/C30H49N3O.ClH/c34-30(29(28-15-7-8-16-28)27-13-5-2-6-14-27)33-21-17-26(18-22-33)24-32-20-10-9-19-31-23-25-11-3-1-4-12-25;/h2,5-6,13-14,25-26,28-29,31-32H,1,3-4,7-12,15-24H2;1H. The predicted molar refractivity (Wildman–Crippen MR) is 149 cm³/mol. The van der Waals surface area contributed by atoms with Gasteiger partial charge in [-0.25, -0.2) is 0 Å². The number of likely N-dealkylation sites (tertiary alicyclic amines) is 1. The van der Waals surface area contributed by atoms with Gasteiger partial charge in [0, 0.05) is 13.1 Å². The first-order chi connectivity index (χ1) is 16.8. The molecule has 1 unspecified atom stereocenters. The van der Waals surface area contributed by atoms with E-state index < -0.39 is 0 Å². The van der Waals surface area contributed by atoms with Crippen molar-refractivity contribution in [3.63, 3.8) is 0 Å². The van der Waals surface area contributed by atoms with Gasteiger partial charge in [0.15, 0.2) is 0 Å². The van der Waals surface area contributed by atoms with Crippen molar-refractivity contribution in [2.24, 2.45) is 17.8 Å². The van der Waals surface area contributed by atoms with Crippen LogP contribution in [0.4, 0.5) is 0 Å². The topological polar surface area (TPSA) is 44.4 Å². The number of halogens is 1. The van der Waals surface area contributed by atoms with Gasteiger partial charge in [-0.1, -0.05) is 62.4 Å². The second-order valence-electron chi connectivity index (χ2n) is 11.3. The fourth-order valence-electron chi connectivity index (χ4n) is 6.63. The Labute approximate surface area is 220 Å². The maximum atomic E-state index is 13.6. The summed E-state index contributed by atoms with van der Waals surface area (Å²) < 4.78 is 0. The molecule has 35 heavy (non-hydrogen) atoms. The number of benzene rings is 1. The Hall–Kier alpha value is -1.10. The number of hydrogen-bond acceptors (Lipinski definition) is 3. The molecule has 1 aromatic carbocycles. The van der Waals surface area contributed by atoms with E-state index in [0.717, 1.165) is 50.9 Å². The van der Waals surface area contributed by atoms with Crippen LogP contribution in [0.5, 0.6) is 0 Å². The van der Waals surface area contributed by atoms with E-state index in [1.54, 1.807) is 0 Å². The highest BCUT2D eigenvalue weighted by molar-refractivity contribution is 5.85. The number of unbranched alkanes of at least 4 members (excludes halogenated alkanes) is 1. The molecule has 1 aromatic rings. The predicted octanol–water partition coefficient (Wildman–Crippen LogP) is 6.16. The molecule has 1 aliphatic heterocycles. The Morgan fingerprint density at radius 1 is 0.771 bits per heavy atom. The minimum atomic E-state index is 0. The van der Waals surface area contributed by atoms with Crippen molar-refractivity contribution in [2.75, 3.05) is 39.3 Å². The van der Waals surface area contributed by atoms with E-state index in [1.165, 1.54) is 89.3 Å². The number of carbonyl (C=O) groups excluding carboxylic acids is 1. The van der Waals surface area contributed by atoms with Crippen LogP contribution in [0.3, 0.4) is 0 Å². The van der Waals surface area contributed by atoms with Crippen molar-refractivity contribution < 1.29 is 4.79 Å². The lowest BCUT2D eigenvalue weighted by Gasteiger charge is -2.36. The van der Waals surface area contributed by atoms with Crippen molar-refractivity contribution in [3.05, 3.63) is 35.9 Å². The maximum Gasteiger partial charge on any atom is 0.230 e. The third kappa shape index (κ3) is 9.05. The van der Waals surface area contributed by atoms with Gasteiger partial charge < -0.3 is 15.5 Å². The van der Waals surface area contributed by atoms with Gasteiger partial charge in [-0.05, 0) is 101 Å². The van der Waals surface area contributed by atoms with Crippen LogP contribution in [0.25, 0.3) is 0 Å². The summed E-state index contributed by atoms with van der Waals surface area (Å²) in [6.45, 7) is 6.52. The van der Waals surface area contributed by atoms with Gasteiger partial charge in [-0.2, -0.15) is 0 Å². The third-order valence-corrected chi connectivity index (χ3v) is 8.77. The van der Waals surface area contributed by atoms with E-state index in [2.05, 4.69) is 45.9 Å². The number of rotatable bonds is 12. The normalized spacial score (nSPS) is 21.1. The van der Waals surface area contributed by atoms with Gasteiger partial charge in [0.05, 0.1) is 5.92 Å². The molecule has 0 bridgehead atoms. The van der Waals surface area contributed by atoms with Gasteiger partial charge >= 0.3 is 0 Å². The zero-order chi connectivity index (χ0) is 23.4. The molecule has 1 atom stereocenters. The van der Waals surface area contributed by atoms with Crippen LogP contribution in [-0.2, 0) is 4.79 Å². The Bertz CT molecular complexity index is 695. The van der Waals surface area contributed by atoms with Gasteiger partial charge in [0.2, 0.25) is 5.91 Å². The summed E-state index contributed by atoms with van der Waals surface area (Å²) in [5, 5.41) is 7.39. The summed E-state index contributed by atoms with van der Waals surface area (Å²) in [5.74, 6) is 2.66. The molecule has 0 aromatic heterocycles. The first-order valence-electron chi connectivity index (χ1n) is 14.6. The summed E-state index contributed by atoms with van der Waals surface area (Å²) >= 11 is 0. The largest absolute Gasteiger partial charge is 0.342 e. The number of piperidine rings is 1. The Kier molecular flexibility index (Phi) is 12.9. The minimum absolute atomic E-state index is 0. The number of nitrogens with one attached hydrogen (secondary N) is 2. The van der Waals surface area contributed by atoms with E-state index in [-0.39, 0.29) is 18.3 Å². The summed E-state index contributed by atoms with van der Waals surface area (Å²) in [7, 11) is 0. The lowest BCUT2D eigenvalue weighted by molar-refractivity contribution is -0.135. The lowest BCUT2D eigenvalue weighted by atomic mass is 9.83. The number of nitrogens with zero attached hydrogens (tertiary/aromatic N) is 1. The molecule has 2 aliphatic carbocycles. The van der Waals surface area contributed by atoms with Crippen LogP contribution in [0.15, 0.2) is 30.3 Å². The van der Waals surface area contributed by atoms with Crippen molar-refractivity contribution in [1.29, 1.82) is 0 Å². The van der Waals surface area contributed by atoms with Gasteiger partial charge in [0.25, 0.3) is 0 Å². The van der Waals surface area contributed by atoms with Gasteiger partial charge in [0.1, 0.15) is 0 Å². The molecule has 2 N–H and O–H groups in total. The highest BCUT2D eigenvalue weighted by Gasteiger charge is 2.35. The Morgan fingerprint density at radius 3 is 1.91 bits per heavy atom. The second-order valence-corrected chi connectivity index (χ2v) is 11.3. The fraction of sp³-hybridized carbons (Fsp3) is 0.767. The molecular weight excluding hydrogens is 454 g/mol. The molecular formula is C30H50ClN3O. The molecule has 0 radical (unpaired) electrons. The maximum absolute atomic E-state index is 13.6. The van der Waals surface area contributed by atoms with Crippen LogP contribution < -0.4 is 10.6 Å². The van der Waals surface area contributed by atoms with Crippen LogP contribution in [0.2, 0.25) is 0 Å². The fourth-order valence-corrected chi connectivity index (χ4v) is 6.63. The zero-order valence-electron chi connectivity index (χ0n) is 21.9. The van der Waals surface area contributed by atoms with Crippen LogP contribution >= 0.6 is 12.4 Å². The SMILES string of the molecule is Cl.O=C(C(c1ccccc1)C1CCCC1)N1CCC(CNCCCCNCC2CCCCC2)CC1. The smallest absolute Gasteiger partial charge is 0.230 e. The van der Waals surface area contributed by atoms with E-state index in [0.29, 0.717) is 11.8 Å². The highest BCUT2D eigenvalue weighted by atomic mass is 35.5. The molecule has 2 saturated carbocycles. The van der Waals surface area contributed by atoms with Gasteiger partial charge in [-0.15, -0.1) is 12.4 Å². The van der Waals surface area contributed by atoms with Crippen molar-refractivity contribution in [3.8, 4) is 0 Å². The monoisotopic (exact) mass is 503 g/mol. The molecule has 5 heteroatoms. The molecule has 3 fully saturated rings. The molecule has 4 rings (SSSR count). The lowest BCUT2D eigenvalue weighted by Crippen LogP contribution is -2.44. The quantitative estimate of drug-likeness (QED) is 0.336. The summed E-state index contributed by atoms with van der Waals surface area (Å²) in [6, 6.07) is 10.6. The van der Waals surface area contributed by atoms with Crippen molar-refractivity contribution in [1.82, 2.24) is 15.5 Å². The Morgan fingerprint density at radius 2 is 1.31 bits per heavy atom. The van der Waals surface area contributed by atoms with E-state index in [4.69, 9.17) is 0 Å². The highest BCUT2D eigenvalue weighted by Crippen LogP contribution is 2.39. The van der Waals surface area contributed by atoms with E-state index in [1.807, 2.05) is 0 Å². The average Bonchev–Trinajstić information content (AvgIpc) is 3.42. The molecule has 1 heterocycles.